The number of aryl methyl sites for hydroxylation is 1. The Morgan fingerprint density at radius 1 is 1.44 bits per heavy atom. The fraction of sp³-hybridized carbons (Fsp3) is 0.818. The molecule has 1 N–H and O–H groups in total. The van der Waals surface area contributed by atoms with E-state index in [0.717, 1.165) is 26.1 Å². The molecule has 2 rings (SSSR count). The normalized spacial score (nSPS) is 19.9. The third kappa shape index (κ3) is 3.02. The topological polar surface area (TPSA) is 60.2 Å². The first-order chi connectivity index (χ1) is 7.75. The number of rotatable bonds is 4. The van der Waals surface area contributed by atoms with Gasteiger partial charge in [0.05, 0.1) is 6.54 Å². The molecule has 0 radical (unpaired) electrons. The Morgan fingerprint density at radius 2 is 2.19 bits per heavy atom. The Bertz CT molecular complexity index is 321. The molecule has 16 heavy (non-hydrogen) atoms. The summed E-state index contributed by atoms with van der Waals surface area (Å²) in [6.07, 6.45) is 2.27. The van der Waals surface area contributed by atoms with Gasteiger partial charge < -0.3 is 14.6 Å². The van der Waals surface area contributed by atoms with Crippen molar-refractivity contribution in [2.24, 2.45) is 5.92 Å². The van der Waals surface area contributed by atoms with Gasteiger partial charge in [-0.3, -0.25) is 0 Å². The van der Waals surface area contributed by atoms with Gasteiger partial charge in [0, 0.05) is 19.3 Å². The number of hydrogen-bond donors (Lipinski definition) is 1. The van der Waals surface area contributed by atoms with Crippen LogP contribution in [0.3, 0.4) is 0 Å². The number of ether oxygens (including phenoxy) is 1. The standard InChI is InChI=1S/C11H19N3O2/c1-8(10-3-5-15-6-4-10)12-7-11-13-9(2)14-16-11/h8,10,12H,3-7H2,1-2H3. The molecule has 1 aromatic heterocycles. The van der Waals surface area contributed by atoms with E-state index in [-0.39, 0.29) is 0 Å². The zero-order valence-electron chi connectivity index (χ0n) is 9.90. The van der Waals surface area contributed by atoms with E-state index in [2.05, 4.69) is 22.4 Å². The van der Waals surface area contributed by atoms with Gasteiger partial charge in [0.2, 0.25) is 5.89 Å². The Kier molecular flexibility index (Phi) is 3.90. The second-order valence-electron chi connectivity index (χ2n) is 4.35. The fourth-order valence-electron chi connectivity index (χ4n) is 2.04. The monoisotopic (exact) mass is 225 g/mol. The van der Waals surface area contributed by atoms with Crippen LogP contribution in [0.2, 0.25) is 0 Å². The van der Waals surface area contributed by atoms with E-state index in [9.17, 15) is 0 Å². The first-order valence-electron chi connectivity index (χ1n) is 5.86. The van der Waals surface area contributed by atoms with Gasteiger partial charge in [-0.25, -0.2) is 0 Å². The Balaban J connectivity index is 1.76. The summed E-state index contributed by atoms with van der Waals surface area (Å²) >= 11 is 0. The highest BCUT2D eigenvalue weighted by molar-refractivity contribution is 4.84. The predicted octanol–water partition coefficient (Wildman–Crippen LogP) is 1.28. The molecule has 0 aromatic carbocycles. The van der Waals surface area contributed by atoms with Gasteiger partial charge >= 0.3 is 0 Å². The molecule has 90 valence electrons. The van der Waals surface area contributed by atoms with Gasteiger partial charge in [-0.2, -0.15) is 4.98 Å². The van der Waals surface area contributed by atoms with Crippen LogP contribution >= 0.6 is 0 Å². The highest BCUT2D eigenvalue weighted by Crippen LogP contribution is 2.18. The van der Waals surface area contributed by atoms with Crippen LogP contribution < -0.4 is 5.32 Å². The van der Waals surface area contributed by atoms with Gasteiger partial charge in [0.15, 0.2) is 5.82 Å². The van der Waals surface area contributed by atoms with Crippen LogP contribution in [0.5, 0.6) is 0 Å². The van der Waals surface area contributed by atoms with Crippen molar-refractivity contribution in [2.75, 3.05) is 13.2 Å². The summed E-state index contributed by atoms with van der Waals surface area (Å²) in [5.74, 6) is 2.05. The second kappa shape index (κ2) is 5.41. The molecule has 0 saturated carbocycles. The van der Waals surface area contributed by atoms with Crippen LogP contribution in [0, 0.1) is 12.8 Å². The molecule has 0 bridgehead atoms. The van der Waals surface area contributed by atoms with Crippen molar-refractivity contribution in [3.63, 3.8) is 0 Å². The maximum absolute atomic E-state index is 5.35. The molecule has 5 heteroatoms. The number of nitrogens with one attached hydrogen (secondary N) is 1. The largest absolute Gasteiger partial charge is 0.381 e. The molecule has 1 saturated heterocycles. The number of hydrogen-bond acceptors (Lipinski definition) is 5. The van der Waals surface area contributed by atoms with E-state index in [4.69, 9.17) is 9.26 Å². The van der Waals surface area contributed by atoms with E-state index in [1.807, 2.05) is 6.92 Å². The molecular weight excluding hydrogens is 206 g/mol. The van der Waals surface area contributed by atoms with Gasteiger partial charge in [-0.1, -0.05) is 5.16 Å². The SMILES string of the molecule is Cc1noc(CNC(C)C2CCOCC2)n1. The Hall–Kier alpha value is -0.940. The van der Waals surface area contributed by atoms with E-state index < -0.39 is 0 Å². The molecule has 2 heterocycles. The lowest BCUT2D eigenvalue weighted by Crippen LogP contribution is -2.36. The van der Waals surface area contributed by atoms with E-state index in [1.165, 1.54) is 0 Å². The van der Waals surface area contributed by atoms with Crippen LogP contribution in [0.4, 0.5) is 0 Å². The lowest BCUT2D eigenvalue weighted by atomic mass is 9.93. The average Bonchev–Trinajstić information content (AvgIpc) is 2.73. The van der Waals surface area contributed by atoms with Gasteiger partial charge in [0.25, 0.3) is 0 Å². The van der Waals surface area contributed by atoms with Crippen molar-refractivity contribution in [2.45, 2.75) is 39.3 Å². The van der Waals surface area contributed by atoms with E-state index in [1.54, 1.807) is 0 Å². The molecule has 1 aliphatic rings. The highest BCUT2D eigenvalue weighted by atomic mass is 16.5. The van der Waals surface area contributed by atoms with Crippen molar-refractivity contribution in [3.8, 4) is 0 Å². The maximum Gasteiger partial charge on any atom is 0.240 e. The minimum atomic E-state index is 0.469. The molecule has 0 aliphatic carbocycles. The van der Waals surface area contributed by atoms with Crippen LogP contribution in [-0.2, 0) is 11.3 Å². The molecule has 0 amide bonds. The number of nitrogens with zero attached hydrogens (tertiary/aromatic N) is 2. The van der Waals surface area contributed by atoms with Crippen molar-refractivity contribution < 1.29 is 9.26 Å². The van der Waals surface area contributed by atoms with E-state index >= 15 is 0 Å². The quantitative estimate of drug-likeness (QED) is 0.836. The third-order valence-electron chi connectivity index (χ3n) is 3.12. The van der Waals surface area contributed by atoms with Crippen molar-refractivity contribution in [1.29, 1.82) is 0 Å². The fourth-order valence-corrected chi connectivity index (χ4v) is 2.04. The molecule has 5 nitrogen and oxygen atoms in total. The summed E-state index contributed by atoms with van der Waals surface area (Å²) in [4.78, 5) is 4.16. The first-order valence-corrected chi connectivity index (χ1v) is 5.86. The molecular formula is C11H19N3O2. The predicted molar refractivity (Wildman–Crippen MR) is 58.9 cm³/mol. The first kappa shape index (κ1) is 11.5. The van der Waals surface area contributed by atoms with Crippen molar-refractivity contribution in [1.82, 2.24) is 15.5 Å². The molecule has 1 unspecified atom stereocenters. The summed E-state index contributed by atoms with van der Waals surface area (Å²) in [5.41, 5.74) is 0. The zero-order valence-corrected chi connectivity index (χ0v) is 9.90. The number of aromatic nitrogens is 2. The van der Waals surface area contributed by atoms with Gasteiger partial charge in [0.1, 0.15) is 0 Å². The zero-order chi connectivity index (χ0) is 11.4. The van der Waals surface area contributed by atoms with Gasteiger partial charge in [-0.05, 0) is 32.6 Å². The van der Waals surface area contributed by atoms with Crippen LogP contribution in [0.1, 0.15) is 31.5 Å². The second-order valence-corrected chi connectivity index (χ2v) is 4.35. The van der Waals surface area contributed by atoms with Gasteiger partial charge in [-0.15, -0.1) is 0 Å². The Morgan fingerprint density at radius 3 is 2.81 bits per heavy atom. The van der Waals surface area contributed by atoms with Crippen molar-refractivity contribution >= 4 is 0 Å². The highest BCUT2D eigenvalue weighted by Gasteiger charge is 2.20. The van der Waals surface area contributed by atoms with Crippen LogP contribution in [0.25, 0.3) is 0 Å². The minimum Gasteiger partial charge on any atom is -0.381 e. The lowest BCUT2D eigenvalue weighted by Gasteiger charge is -2.28. The summed E-state index contributed by atoms with van der Waals surface area (Å²) in [6.45, 7) is 6.46. The minimum absolute atomic E-state index is 0.469. The van der Waals surface area contributed by atoms with Crippen molar-refractivity contribution in [3.05, 3.63) is 11.7 Å². The third-order valence-corrected chi connectivity index (χ3v) is 3.12. The molecule has 0 spiro atoms. The van der Waals surface area contributed by atoms with Crippen LogP contribution in [-0.4, -0.2) is 29.4 Å². The average molecular weight is 225 g/mol. The summed E-state index contributed by atoms with van der Waals surface area (Å²) in [6, 6.07) is 0.469. The summed E-state index contributed by atoms with van der Waals surface area (Å²) in [5, 5.41) is 7.19. The van der Waals surface area contributed by atoms with E-state index in [0.29, 0.717) is 30.2 Å². The Labute approximate surface area is 95.6 Å². The lowest BCUT2D eigenvalue weighted by molar-refractivity contribution is 0.0554. The summed E-state index contributed by atoms with van der Waals surface area (Å²) < 4.78 is 10.4. The molecule has 1 aromatic rings. The molecule has 1 fully saturated rings. The smallest absolute Gasteiger partial charge is 0.240 e. The molecule has 1 aliphatic heterocycles. The maximum atomic E-state index is 5.35. The summed E-state index contributed by atoms with van der Waals surface area (Å²) in [7, 11) is 0. The molecule has 1 atom stereocenters. The van der Waals surface area contributed by atoms with Crippen LogP contribution in [0.15, 0.2) is 4.52 Å².